The average Bonchev–Trinajstić information content (AvgIpc) is 3.02. The number of fused-ring (bicyclic) bond motifs is 1. The van der Waals surface area contributed by atoms with Crippen LogP contribution >= 0.6 is 11.3 Å². The highest BCUT2D eigenvalue weighted by Gasteiger charge is 2.26. The number of carbonyl (C=O) groups excluding carboxylic acids is 1. The summed E-state index contributed by atoms with van der Waals surface area (Å²) in [5.41, 5.74) is 2.67. The Kier molecular flexibility index (Phi) is 4.55. The molecule has 1 aromatic carbocycles. The summed E-state index contributed by atoms with van der Waals surface area (Å²) in [5.74, 6) is 1.00. The Morgan fingerprint density at radius 1 is 1.15 bits per heavy atom. The number of nitrogens with zero attached hydrogens (tertiary/aromatic N) is 4. The van der Waals surface area contributed by atoms with Crippen molar-refractivity contribution in [2.75, 3.05) is 23.3 Å². The first-order valence-corrected chi connectivity index (χ1v) is 9.63. The molecule has 1 aliphatic heterocycles. The molecule has 4 rings (SSSR count). The van der Waals surface area contributed by atoms with Crippen molar-refractivity contribution in [2.24, 2.45) is 5.92 Å². The van der Waals surface area contributed by atoms with Crippen LogP contribution in [0.4, 0.5) is 11.5 Å². The molecular formula is C19H21N5OS. The number of piperidine rings is 1. The van der Waals surface area contributed by atoms with Crippen molar-refractivity contribution in [3.8, 4) is 0 Å². The SMILES string of the molecule is Cc1ccc(N2CCC(C(=O)Nc3ccc4sc(C)nc4c3)CC2)nn1. The molecule has 3 heterocycles. The van der Waals surface area contributed by atoms with Crippen LogP contribution in [-0.2, 0) is 4.79 Å². The van der Waals surface area contributed by atoms with E-state index in [0.717, 1.165) is 58.4 Å². The summed E-state index contributed by atoms with van der Waals surface area (Å²) in [6.45, 7) is 5.56. The van der Waals surface area contributed by atoms with Gasteiger partial charge in [0.15, 0.2) is 5.82 Å². The summed E-state index contributed by atoms with van der Waals surface area (Å²) in [5, 5.41) is 12.4. The van der Waals surface area contributed by atoms with Gasteiger partial charge >= 0.3 is 0 Å². The molecule has 0 radical (unpaired) electrons. The van der Waals surface area contributed by atoms with Gasteiger partial charge in [-0.05, 0) is 57.0 Å². The smallest absolute Gasteiger partial charge is 0.227 e. The number of aryl methyl sites for hydroxylation is 2. The molecule has 0 atom stereocenters. The van der Waals surface area contributed by atoms with Crippen LogP contribution in [0.15, 0.2) is 30.3 Å². The van der Waals surface area contributed by atoms with Crippen LogP contribution in [0.3, 0.4) is 0 Å². The van der Waals surface area contributed by atoms with Gasteiger partial charge < -0.3 is 10.2 Å². The van der Waals surface area contributed by atoms with Gasteiger partial charge in [0, 0.05) is 24.7 Å². The minimum atomic E-state index is 0.0255. The summed E-state index contributed by atoms with van der Waals surface area (Å²) in [6.07, 6.45) is 1.64. The van der Waals surface area contributed by atoms with Crippen molar-refractivity contribution in [3.05, 3.63) is 41.0 Å². The van der Waals surface area contributed by atoms with Crippen LogP contribution in [-0.4, -0.2) is 34.2 Å². The van der Waals surface area contributed by atoms with Gasteiger partial charge in [-0.2, -0.15) is 5.10 Å². The molecule has 6 nitrogen and oxygen atoms in total. The quantitative estimate of drug-likeness (QED) is 0.766. The van der Waals surface area contributed by atoms with E-state index >= 15 is 0 Å². The van der Waals surface area contributed by atoms with Crippen molar-refractivity contribution >= 4 is 39.0 Å². The predicted octanol–water partition coefficient (Wildman–Crippen LogP) is 3.56. The number of anilines is 2. The molecule has 26 heavy (non-hydrogen) atoms. The summed E-state index contributed by atoms with van der Waals surface area (Å²) in [7, 11) is 0. The Bertz CT molecular complexity index is 929. The molecule has 0 saturated carbocycles. The van der Waals surface area contributed by atoms with Gasteiger partial charge in [0.1, 0.15) is 0 Å². The first kappa shape index (κ1) is 16.9. The highest BCUT2D eigenvalue weighted by Crippen LogP contribution is 2.26. The van der Waals surface area contributed by atoms with Crippen LogP contribution in [0.1, 0.15) is 23.5 Å². The third-order valence-corrected chi connectivity index (χ3v) is 5.69. The molecule has 0 bridgehead atoms. The van der Waals surface area contributed by atoms with Gasteiger partial charge in [0.25, 0.3) is 0 Å². The van der Waals surface area contributed by atoms with Crippen LogP contribution in [0.5, 0.6) is 0 Å². The number of rotatable bonds is 3. The van der Waals surface area contributed by atoms with Gasteiger partial charge in [0.2, 0.25) is 5.91 Å². The third kappa shape index (κ3) is 3.53. The van der Waals surface area contributed by atoms with E-state index in [1.54, 1.807) is 11.3 Å². The largest absolute Gasteiger partial charge is 0.355 e. The Morgan fingerprint density at radius 3 is 2.69 bits per heavy atom. The molecular weight excluding hydrogens is 346 g/mol. The minimum absolute atomic E-state index is 0.0255. The highest BCUT2D eigenvalue weighted by atomic mass is 32.1. The topological polar surface area (TPSA) is 71.0 Å². The second-order valence-electron chi connectivity index (χ2n) is 6.70. The lowest BCUT2D eigenvalue weighted by atomic mass is 9.96. The molecule has 1 fully saturated rings. The van der Waals surface area contributed by atoms with E-state index in [0.29, 0.717) is 0 Å². The molecule has 0 spiro atoms. The lowest BCUT2D eigenvalue weighted by molar-refractivity contribution is -0.120. The first-order chi connectivity index (χ1) is 12.6. The molecule has 3 aromatic rings. The van der Waals surface area contributed by atoms with E-state index in [9.17, 15) is 4.79 Å². The van der Waals surface area contributed by atoms with E-state index in [2.05, 4.69) is 25.4 Å². The summed E-state index contributed by atoms with van der Waals surface area (Å²) in [6, 6.07) is 9.89. The second kappa shape index (κ2) is 6.99. The Balaban J connectivity index is 1.37. The number of hydrogen-bond acceptors (Lipinski definition) is 6. The van der Waals surface area contributed by atoms with Crippen molar-refractivity contribution in [3.63, 3.8) is 0 Å². The van der Waals surface area contributed by atoms with Crippen molar-refractivity contribution in [2.45, 2.75) is 26.7 Å². The fraction of sp³-hybridized carbons (Fsp3) is 0.368. The zero-order valence-corrected chi connectivity index (χ0v) is 15.7. The summed E-state index contributed by atoms with van der Waals surface area (Å²) in [4.78, 5) is 19.3. The van der Waals surface area contributed by atoms with Gasteiger partial charge in [-0.1, -0.05) is 0 Å². The molecule has 1 N–H and O–H groups in total. The van der Waals surface area contributed by atoms with E-state index in [4.69, 9.17) is 0 Å². The van der Waals surface area contributed by atoms with Crippen molar-refractivity contribution < 1.29 is 4.79 Å². The molecule has 1 aliphatic rings. The van der Waals surface area contributed by atoms with Crippen LogP contribution in [0.25, 0.3) is 10.2 Å². The maximum atomic E-state index is 12.6. The molecule has 1 saturated heterocycles. The maximum Gasteiger partial charge on any atom is 0.227 e. The fourth-order valence-electron chi connectivity index (χ4n) is 3.30. The fourth-order valence-corrected chi connectivity index (χ4v) is 4.10. The summed E-state index contributed by atoms with van der Waals surface area (Å²) >= 11 is 1.67. The van der Waals surface area contributed by atoms with E-state index < -0.39 is 0 Å². The standard InChI is InChI=1S/C19H21N5OS/c1-12-3-6-18(23-22-12)24-9-7-14(8-10-24)19(25)21-15-4-5-17-16(11-15)20-13(2)26-17/h3-6,11,14H,7-10H2,1-2H3,(H,21,25). The van der Waals surface area contributed by atoms with Crippen LogP contribution < -0.4 is 10.2 Å². The number of carbonyl (C=O) groups is 1. The molecule has 1 amide bonds. The van der Waals surface area contributed by atoms with Crippen molar-refractivity contribution in [1.29, 1.82) is 0 Å². The van der Waals surface area contributed by atoms with Gasteiger partial charge in [0.05, 0.1) is 20.9 Å². The number of thiazole rings is 1. The lowest BCUT2D eigenvalue weighted by Crippen LogP contribution is -2.38. The molecule has 134 valence electrons. The number of aromatic nitrogens is 3. The predicted molar refractivity (Wildman–Crippen MR) is 105 cm³/mol. The Labute approximate surface area is 156 Å². The van der Waals surface area contributed by atoms with E-state index in [1.165, 1.54) is 0 Å². The van der Waals surface area contributed by atoms with Gasteiger partial charge in [-0.3, -0.25) is 4.79 Å². The first-order valence-electron chi connectivity index (χ1n) is 8.82. The Morgan fingerprint density at radius 2 is 1.96 bits per heavy atom. The third-order valence-electron chi connectivity index (χ3n) is 4.74. The molecule has 7 heteroatoms. The number of amides is 1. The summed E-state index contributed by atoms with van der Waals surface area (Å²) < 4.78 is 1.15. The monoisotopic (exact) mass is 367 g/mol. The van der Waals surface area contributed by atoms with E-state index in [-0.39, 0.29) is 11.8 Å². The second-order valence-corrected chi connectivity index (χ2v) is 7.93. The maximum absolute atomic E-state index is 12.6. The average molecular weight is 367 g/mol. The van der Waals surface area contributed by atoms with Crippen molar-refractivity contribution in [1.82, 2.24) is 15.2 Å². The highest BCUT2D eigenvalue weighted by molar-refractivity contribution is 7.18. The lowest BCUT2D eigenvalue weighted by Gasteiger charge is -2.31. The Hall–Kier alpha value is -2.54. The molecule has 2 aromatic heterocycles. The normalized spacial score (nSPS) is 15.4. The van der Waals surface area contributed by atoms with Gasteiger partial charge in [-0.15, -0.1) is 16.4 Å². The van der Waals surface area contributed by atoms with Crippen LogP contribution in [0.2, 0.25) is 0 Å². The number of hydrogen-bond donors (Lipinski definition) is 1. The van der Waals surface area contributed by atoms with E-state index in [1.807, 2.05) is 44.2 Å². The zero-order valence-electron chi connectivity index (χ0n) is 14.9. The number of nitrogens with one attached hydrogen (secondary N) is 1. The van der Waals surface area contributed by atoms with Gasteiger partial charge in [-0.25, -0.2) is 4.98 Å². The molecule has 0 aliphatic carbocycles. The minimum Gasteiger partial charge on any atom is -0.355 e. The molecule has 0 unspecified atom stereocenters. The zero-order chi connectivity index (χ0) is 18.1. The van der Waals surface area contributed by atoms with Crippen LogP contribution in [0, 0.1) is 19.8 Å². The number of benzene rings is 1.